The first-order valence-corrected chi connectivity index (χ1v) is 8.60. The molecule has 0 saturated carbocycles. The van der Waals surface area contributed by atoms with E-state index in [1.807, 2.05) is 0 Å². The summed E-state index contributed by atoms with van der Waals surface area (Å²) in [6.07, 6.45) is 2.04. The van der Waals surface area contributed by atoms with E-state index < -0.39 is 0 Å². The van der Waals surface area contributed by atoms with Crippen molar-refractivity contribution < 1.29 is 5.11 Å². The van der Waals surface area contributed by atoms with Gasteiger partial charge in [-0.3, -0.25) is 0 Å². The Morgan fingerprint density at radius 2 is 2.21 bits per heavy atom. The van der Waals surface area contributed by atoms with Gasteiger partial charge in [0.25, 0.3) is 0 Å². The number of hydrogen-bond acceptors (Lipinski definition) is 7. The third kappa shape index (κ3) is 2.78. The SMILES string of the molecule is CN(c1nc2sc(Br)nc2s1)[C@H]1CCN[C@@H](CO)C1. The van der Waals surface area contributed by atoms with Gasteiger partial charge in [-0.05, 0) is 35.3 Å². The first-order valence-electron chi connectivity index (χ1n) is 6.17. The second-order valence-electron chi connectivity index (χ2n) is 4.70. The Morgan fingerprint density at radius 1 is 1.42 bits per heavy atom. The normalized spacial score (nSPS) is 23.9. The number of aliphatic hydroxyl groups excluding tert-OH is 1. The van der Waals surface area contributed by atoms with E-state index in [0.29, 0.717) is 6.04 Å². The van der Waals surface area contributed by atoms with Crippen molar-refractivity contribution in [1.82, 2.24) is 15.3 Å². The summed E-state index contributed by atoms with van der Waals surface area (Å²) in [6, 6.07) is 0.636. The number of nitrogens with zero attached hydrogens (tertiary/aromatic N) is 3. The molecular formula is C11H15BrN4OS2. The minimum Gasteiger partial charge on any atom is -0.395 e. The molecule has 2 aromatic rings. The molecule has 1 aliphatic heterocycles. The van der Waals surface area contributed by atoms with Crippen molar-refractivity contribution in [3.05, 3.63) is 3.92 Å². The van der Waals surface area contributed by atoms with Crippen LogP contribution in [0, 0.1) is 0 Å². The van der Waals surface area contributed by atoms with E-state index in [2.05, 4.69) is 43.2 Å². The van der Waals surface area contributed by atoms with E-state index in [-0.39, 0.29) is 12.6 Å². The molecule has 1 aliphatic rings. The number of anilines is 1. The molecule has 1 fully saturated rings. The Balaban J connectivity index is 1.78. The number of hydrogen-bond donors (Lipinski definition) is 2. The molecular weight excluding hydrogens is 348 g/mol. The average Bonchev–Trinajstić information content (AvgIpc) is 2.95. The van der Waals surface area contributed by atoms with Crippen LogP contribution in [-0.2, 0) is 0 Å². The van der Waals surface area contributed by atoms with E-state index in [9.17, 15) is 5.11 Å². The van der Waals surface area contributed by atoms with Gasteiger partial charge in [0.1, 0.15) is 0 Å². The number of aliphatic hydroxyl groups is 1. The molecule has 0 radical (unpaired) electrons. The van der Waals surface area contributed by atoms with Crippen molar-refractivity contribution in [2.24, 2.45) is 0 Å². The lowest BCUT2D eigenvalue weighted by atomic mass is 9.99. The zero-order valence-electron chi connectivity index (χ0n) is 10.5. The third-order valence-electron chi connectivity index (χ3n) is 3.48. The van der Waals surface area contributed by atoms with Gasteiger partial charge >= 0.3 is 0 Å². The highest BCUT2D eigenvalue weighted by atomic mass is 79.9. The van der Waals surface area contributed by atoms with Gasteiger partial charge in [-0.2, -0.15) is 0 Å². The summed E-state index contributed by atoms with van der Waals surface area (Å²) in [6.45, 7) is 1.15. The first-order chi connectivity index (χ1) is 9.17. The summed E-state index contributed by atoms with van der Waals surface area (Å²) in [5, 5.41) is 13.6. The van der Waals surface area contributed by atoms with Crippen LogP contribution >= 0.6 is 38.6 Å². The van der Waals surface area contributed by atoms with Crippen LogP contribution in [0.15, 0.2) is 3.92 Å². The molecule has 2 atom stereocenters. The lowest BCUT2D eigenvalue weighted by Gasteiger charge is -2.35. The number of halogens is 1. The van der Waals surface area contributed by atoms with Crippen LogP contribution in [0.25, 0.3) is 9.66 Å². The molecule has 0 bridgehead atoms. The lowest BCUT2D eigenvalue weighted by molar-refractivity contribution is 0.209. The first kappa shape index (κ1) is 13.7. The summed E-state index contributed by atoms with van der Waals surface area (Å²) in [5.41, 5.74) is 0. The highest BCUT2D eigenvalue weighted by Gasteiger charge is 2.26. The van der Waals surface area contributed by atoms with Crippen LogP contribution in [0.2, 0.25) is 0 Å². The Labute approximate surface area is 127 Å². The molecule has 2 aromatic heterocycles. The fraction of sp³-hybridized carbons (Fsp3) is 0.636. The summed E-state index contributed by atoms with van der Waals surface area (Å²) in [5.74, 6) is 0. The van der Waals surface area contributed by atoms with Crippen LogP contribution in [0.1, 0.15) is 12.8 Å². The Morgan fingerprint density at radius 3 is 2.95 bits per heavy atom. The predicted molar refractivity (Wildman–Crippen MR) is 83.3 cm³/mol. The fourth-order valence-corrected chi connectivity index (χ4v) is 4.94. The van der Waals surface area contributed by atoms with Crippen molar-refractivity contribution >= 4 is 53.4 Å². The summed E-state index contributed by atoms with van der Waals surface area (Å²) in [7, 11) is 2.09. The Kier molecular flexibility index (Phi) is 4.04. The lowest BCUT2D eigenvalue weighted by Crippen LogP contribution is -2.48. The van der Waals surface area contributed by atoms with Gasteiger partial charge < -0.3 is 15.3 Å². The molecule has 19 heavy (non-hydrogen) atoms. The quantitative estimate of drug-likeness (QED) is 0.874. The molecule has 8 heteroatoms. The van der Waals surface area contributed by atoms with Gasteiger partial charge in [-0.25, -0.2) is 9.97 Å². The van der Waals surface area contributed by atoms with Crippen molar-refractivity contribution in [3.8, 4) is 0 Å². The van der Waals surface area contributed by atoms with Gasteiger partial charge in [0, 0.05) is 19.1 Å². The highest BCUT2D eigenvalue weighted by molar-refractivity contribution is 9.11. The molecule has 3 heterocycles. The molecule has 1 saturated heterocycles. The molecule has 104 valence electrons. The van der Waals surface area contributed by atoms with E-state index in [1.54, 1.807) is 22.7 Å². The number of piperidine rings is 1. The van der Waals surface area contributed by atoms with E-state index in [0.717, 1.165) is 38.1 Å². The average molecular weight is 363 g/mol. The second kappa shape index (κ2) is 5.61. The largest absolute Gasteiger partial charge is 0.395 e. The zero-order valence-corrected chi connectivity index (χ0v) is 13.7. The van der Waals surface area contributed by atoms with Gasteiger partial charge in [-0.15, -0.1) is 0 Å². The third-order valence-corrected chi connectivity index (χ3v) is 6.05. The number of aromatic nitrogens is 2. The van der Waals surface area contributed by atoms with Crippen LogP contribution in [-0.4, -0.2) is 47.4 Å². The Bertz CT molecular complexity index is 541. The highest BCUT2D eigenvalue weighted by Crippen LogP contribution is 2.35. The maximum Gasteiger partial charge on any atom is 0.188 e. The molecule has 0 spiro atoms. The van der Waals surface area contributed by atoms with Gasteiger partial charge in [0.2, 0.25) is 0 Å². The van der Waals surface area contributed by atoms with Crippen molar-refractivity contribution in [1.29, 1.82) is 0 Å². The molecule has 0 aromatic carbocycles. The Hall–Kier alpha value is -0.280. The minimum absolute atomic E-state index is 0.200. The number of nitrogens with one attached hydrogen (secondary N) is 1. The van der Waals surface area contributed by atoms with E-state index in [4.69, 9.17) is 0 Å². The fourth-order valence-electron chi connectivity index (χ4n) is 2.39. The predicted octanol–water partition coefficient (Wildman–Crippen LogP) is 2.06. The molecule has 2 N–H and O–H groups in total. The van der Waals surface area contributed by atoms with Crippen LogP contribution in [0.3, 0.4) is 0 Å². The van der Waals surface area contributed by atoms with E-state index in [1.165, 1.54) is 0 Å². The van der Waals surface area contributed by atoms with Crippen molar-refractivity contribution in [2.45, 2.75) is 24.9 Å². The standard InChI is InChI=1S/C11H15BrN4OS2/c1-16(7-2-3-13-6(4-7)5-17)11-15-9-8(19-11)14-10(12)18-9/h6-7,13,17H,2-5H2,1H3/t6-,7+/m1/s1. The summed E-state index contributed by atoms with van der Waals surface area (Å²) in [4.78, 5) is 13.3. The molecule has 0 aliphatic carbocycles. The second-order valence-corrected chi connectivity index (χ2v) is 7.91. The molecule has 5 nitrogen and oxygen atoms in total. The zero-order chi connectivity index (χ0) is 13.4. The maximum atomic E-state index is 9.27. The van der Waals surface area contributed by atoms with Gasteiger partial charge in [-0.1, -0.05) is 22.7 Å². The van der Waals surface area contributed by atoms with E-state index >= 15 is 0 Å². The monoisotopic (exact) mass is 362 g/mol. The number of thiazole rings is 2. The minimum atomic E-state index is 0.200. The molecule has 0 amide bonds. The van der Waals surface area contributed by atoms with Gasteiger partial charge in [0.15, 0.2) is 18.7 Å². The summed E-state index contributed by atoms with van der Waals surface area (Å²) < 4.78 is 0.887. The number of rotatable bonds is 3. The smallest absolute Gasteiger partial charge is 0.188 e. The van der Waals surface area contributed by atoms with Crippen LogP contribution in [0.4, 0.5) is 5.13 Å². The number of fused-ring (bicyclic) bond motifs is 1. The van der Waals surface area contributed by atoms with Crippen LogP contribution in [0.5, 0.6) is 0 Å². The van der Waals surface area contributed by atoms with Gasteiger partial charge in [0.05, 0.1) is 6.61 Å². The molecule has 3 rings (SSSR count). The van der Waals surface area contributed by atoms with Crippen LogP contribution < -0.4 is 10.2 Å². The van der Waals surface area contributed by atoms with Crippen molar-refractivity contribution in [3.63, 3.8) is 0 Å². The summed E-state index contributed by atoms with van der Waals surface area (Å²) >= 11 is 6.58. The topological polar surface area (TPSA) is 61.3 Å². The van der Waals surface area contributed by atoms with Crippen molar-refractivity contribution in [2.75, 3.05) is 25.1 Å². The molecule has 0 unspecified atom stereocenters. The maximum absolute atomic E-state index is 9.27.